The van der Waals surface area contributed by atoms with Crippen molar-refractivity contribution < 1.29 is 0 Å². The Morgan fingerprint density at radius 1 is 1.44 bits per heavy atom. The minimum atomic E-state index is 0. The lowest BCUT2D eigenvalue weighted by molar-refractivity contribution is 1.23. The van der Waals surface area contributed by atoms with Crippen molar-refractivity contribution in [1.29, 1.82) is 0 Å². The number of hydrogen-bond acceptors (Lipinski definition) is 2. The number of rotatable bonds is 0. The van der Waals surface area contributed by atoms with Gasteiger partial charge in [0.15, 0.2) is 0 Å². The van der Waals surface area contributed by atoms with Gasteiger partial charge in [-0.25, -0.2) is 0 Å². The second-order valence-electron chi connectivity index (χ2n) is 1.36. The van der Waals surface area contributed by atoms with Gasteiger partial charge in [-0.2, -0.15) is 0 Å². The topological polar surface area (TPSA) is 12.9 Å². The average Bonchev–Trinajstić information content (AvgIpc) is 1.64. The van der Waals surface area contributed by atoms with Gasteiger partial charge in [0, 0.05) is 21.8 Å². The molecule has 0 aliphatic heterocycles. The first-order chi connectivity index (χ1) is 3.79. The van der Waals surface area contributed by atoms with Gasteiger partial charge in [-0.1, -0.05) is 0 Å². The van der Waals surface area contributed by atoms with Gasteiger partial charge in [-0.05, 0) is 22.0 Å². The molecule has 1 aromatic rings. The smallest absolute Gasteiger partial charge is 0.0411 e. The fourth-order valence-corrected chi connectivity index (χ4v) is 1.15. The molecule has 0 saturated carbocycles. The van der Waals surface area contributed by atoms with Crippen molar-refractivity contribution in [3.63, 3.8) is 0 Å². The maximum absolute atomic E-state index is 4.06. The van der Waals surface area contributed by atoms with E-state index >= 15 is 0 Å². The van der Waals surface area contributed by atoms with E-state index in [1.807, 2.05) is 6.07 Å². The van der Waals surface area contributed by atoms with Crippen LogP contribution in [0.5, 0.6) is 0 Å². The average molecular weight is 227 g/mol. The minimum Gasteiger partial charge on any atom is -0.262 e. The Kier molecular flexibility index (Phi) is 4.27. The molecule has 0 N–H and O–H groups in total. The SMILES string of the molecule is Cl.Sc1cncc(Br)c1. The lowest BCUT2D eigenvalue weighted by Crippen LogP contribution is -1.69. The Bertz CT molecular complexity index is 177. The minimum absolute atomic E-state index is 0. The lowest BCUT2D eigenvalue weighted by Gasteiger charge is -1.87. The van der Waals surface area contributed by atoms with Crippen molar-refractivity contribution >= 4 is 41.0 Å². The van der Waals surface area contributed by atoms with Crippen LogP contribution in [-0.2, 0) is 0 Å². The van der Waals surface area contributed by atoms with Crippen LogP contribution in [0.4, 0.5) is 0 Å². The van der Waals surface area contributed by atoms with E-state index in [0.717, 1.165) is 9.37 Å². The monoisotopic (exact) mass is 225 g/mol. The van der Waals surface area contributed by atoms with E-state index in [9.17, 15) is 0 Å². The molecule has 0 fully saturated rings. The van der Waals surface area contributed by atoms with Gasteiger partial charge in [-0.3, -0.25) is 4.98 Å². The van der Waals surface area contributed by atoms with Crippen molar-refractivity contribution in [3.8, 4) is 0 Å². The molecule has 0 radical (unpaired) electrons. The number of pyridine rings is 1. The molecule has 1 nitrogen and oxygen atoms in total. The van der Waals surface area contributed by atoms with Crippen LogP contribution in [0.25, 0.3) is 0 Å². The van der Waals surface area contributed by atoms with Crippen LogP contribution in [0, 0.1) is 0 Å². The number of halogens is 2. The zero-order valence-corrected chi connectivity index (χ0v) is 7.71. The van der Waals surface area contributed by atoms with Crippen molar-refractivity contribution in [2.75, 3.05) is 0 Å². The third-order valence-corrected chi connectivity index (χ3v) is 1.37. The van der Waals surface area contributed by atoms with Crippen LogP contribution in [0.2, 0.25) is 0 Å². The van der Waals surface area contributed by atoms with Crippen molar-refractivity contribution in [1.82, 2.24) is 4.98 Å². The molecule has 0 aliphatic rings. The predicted octanol–water partition coefficient (Wildman–Crippen LogP) is 2.55. The van der Waals surface area contributed by atoms with Gasteiger partial charge in [0.25, 0.3) is 0 Å². The summed E-state index contributed by atoms with van der Waals surface area (Å²) in [7, 11) is 0. The Balaban J connectivity index is 0.000000640. The van der Waals surface area contributed by atoms with Crippen LogP contribution in [-0.4, -0.2) is 4.98 Å². The van der Waals surface area contributed by atoms with Crippen LogP contribution in [0.15, 0.2) is 27.8 Å². The summed E-state index contributed by atoms with van der Waals surface area (Å²) < 4.78 is 0.963. The summed E-state index contributed by atoms with van der Waals surface area (Å²) in [6, 6.07) is 1.89. The van der Waals surface area contributed by atoms with Gasteiger partial charge in [0.2, 0.25) is 0 Å². The number of hydrogen-bond donors (Lipinski definition) is 1. The molecule has 0 aliphatic carbocycles. The first-order valence-electron chi connectivity index (χ1n) is 2.08. The summed E-state index contributed by atoms with van der Waals surface area (Å²) in [6.07, 6.45) is 3.41. The Morgan fingerprint density at radius 2 is 2.11 bits per heavy atom. The first kappa shape index (κ1) is 9.27. The summed E-state index contributed by atoms with van der Waals surface area (Å²) in [5, 5.41) is 0. The maximum Gasteiger partial charge on any atom is 0.0411 e. The van der Waals surface area contributed by atoms with E-state index in [1.165, 1.54) is 0 Å². The number of nitrogens with zero attached hydrogens (tertiary/aromatic N) is 1. The van der Waals surface area contributed by atoms with Crippen LogP contribution in [0.1, 0.15) is 0 Å². The summed E-state index contributed by atoms with van der Waals surface area (Å²) in [4.78, 5) is 4.73. The third-order valence-electron chi connectivity index (χ3n) is 0.690. The number of thiol groups is 1. The van der Waals surface area contributed by atoms with E-state index in [0.29, 0.717) is 0 Å². The van der Waals surface area contributed by atoms with E-state index in [1.54, 1.807) is 12.4 Å². The van der Waals surface area contributed by atoms with Gasteiger partial charge in [0.05, 0.1) is 0 Å². The Hall–Kier alpha value is 0.270. The quantitative estimate of drug-likeness (QED) is 0.671. The van der Waals surface area contributed by atoms with E-state index in [-0.39, 0.29) is 12.4 Å². The summed E-state index contributed by atoms with van der Waals surface area (Å²) >= 11 is 7.31. The molecule has 50 valence electrons. The fourth-order valence-electron chi connectivity index (χ4n) is 0.401. The van der Waals surface area contributed by atoms with Gasteiger partial charge < -0.3 is 0 Å². The van der Waals surface area contributed by atoms with Crippen molar-refractivity contribution in [2.45, 2.75) is 4.90 Å². The lowest BCUT2D eigenvalue weighted by atomic mass is 10.5. The van der Waals surface area contributed by atoms with Gasteiger partial charge in [0.1, 0.15) is 0 Å². The second-order valence-corrected chi connectivity index (χ2v) is 2.79. The summed E-state index contributed by atoms with van der Waals surface area (Å²) in [5.41, 5.74) is 0. The highest BCUT2D eigenvalue weighted by molar-refractivity contribution is 9.10. The van der Waals surface area contributed by atoms with Gasteiger partial charge >= 0.3 is 0 Å². The molecule has 0 saturated heterocycles. The summed E-state index contributed by atoms with van der Waals surface area (Å²) in [5.74, 6) is 0. The highest BCUT2D eigenvalue weighted by Gasteiger charge is 1.84. The Labute approximate surface area is 73.8 Å². The normalized spacial score (nSPS) is 8.22. The standard InChI is InChI=1S/C5H4BrNS.ClH/c6-4-1-5(8)3-7-2-4;/h1-3,8H;1H. The molecule has 0 atom stereocenters. The predicted molar refractivity (Wildman–Crippen MR) is 46.4 cm³/mol. The van der Waals surface area contributed by atoms with E-state index in [4.69, 9.17) is 0 Å². The molecule has 0 amide bonds. The van der Waals surface area contributed by atoms with E-state index < -0.39 is 0 Å². The van der Waals surface area contributed by atoms with Crippen molar-refractivity contribution in [2.24, 2.45) is 0 Å². The zero-order chi connectivity index (χ0) is 5.98. The van der Waals surface area contributed by atoms with Crippen LogP contribution >= 0.6 is 41.0 Å². The van der Waals surface area contributed by atoms with Crippen LogP contribution < -0.4 is 0 Å². The molecule has 1 aromatic heterocycles. The Morgan fingerprint density at radius 3 is 2.44 bits per heavy atom. The highest BCUT2D eigenvalue weighted by atomic mass is 79.9. The maximum atomic E-state index is 4.06. The molecular weight excluding hydrogens is 221 g/mol. The van der Waals surface area contributed by atoms with Gasteiger partial charge in [-0.15, -0.1) is 25.0 Å². The largest absolute Gasteiger partial charge is 0.262 e. The third kappa shape index (κ3) is 3.08. The van der Waals surface area contributed by atoms with Crippen LogP contribution in [0.3, 0.4) is 0 Å². The fraction of sp³-hybridized carbons (Fsp3) is 0. The second kappa shape index (κ2) is 4.14. The molecular formula is C5H5BrClNS. The molecule has 0 bridgehead atoms. The van der Waals surface area contributed by atoms with Crippen molar-refractivity contribution in [3.05, 3.63) is 22.9 Å². The number of aromatic nitrogens is 1. The highest BCUT2D eigenvalue weighted by Crippen LogP contribution is 2.11. The molecule has 1 rings (SSSR count). The molecule has 1 heterocycles. The van der Waals surface area contributed by atoms with E-state index in [2.05, 4.69) is 33.5 Å². The molecule has 4 heteroatoms. The zero-order valence-electron chi connectivity index (χ0n) is 4.41. The molecule has 0 unspecified atom stereocenters. The molecule has 9 heavy (non-hydrogen) atoms. The molecule has 0 spiro atoms. The first-order valence-corrected chi connectivity index (χ1v) is 3.32. The summed E-state index contributed by atoms with van der Waals surface area (Å²) in [6.45, 7) is 0. The molecule has 0 aromatic carbocycles.